The molecule has 0 spiro atoms. The van der Waals surface area contributed by atoms with Crippen LogP contribution in [-0.2, 0) is 6.61 Å². The zero-order valence-electron chi connectivity index (χ0n) is 9.68. The van der Waals surface area contributed by atoms with Crippen LogP contribution in [-0.4, -0.2) is 10.1 Å². The molecule has 5 heteroatoms. The van der Waals surface area contributed by atoms with E-state index in [9.17, 15) is 0 Å². The molecule has 0 saturated heterocycles. The van der Waals surface area contributed by atoms with Crippen LogP contribution in [0.2, 0.25) is 0 Å². The molecule has 0 unspecified atom stereocenters. The molecule has 0 saturated carbocycles. The highest BCUT2D eigenvalue weighted by molar-refractivity contribution is 14.1. The Hall–Kier alpha value is -1.11. The van der Waals surface area contributed by atoms with Crippen molar-refractivity contribution in [3.8, 4) is 5.75 Å². The van der Waals surface area contributed by atoms with Crippen LogP contribution < -0.4 is 4.74 Å². The molecule has 0 N–H and O–H groups in total. The SMILES string of the molecule is CC(C)c1nc(COc2ccccc2I)no1. The van der Waals surface area contributed by atoms with E-state index >= 15 is 0 Å². The number of benzene rings is 1. The van der Waals surface area contributed by atoms with Gasteiger partial charge in [-0.15, -0.1) is 0 Å². The molecule has 1 aromatic heterocycles. The second-order valence-corrected chi connectivity index (χ2v) is 5.08. The third kappa shape index (κ3) is 3.18. The van der Waals surface area contributed by atoms with Gasteiger partial charge in [0.15, 0.2) is 6.61 Å². The number of nitrogens with zero attached hydrogens (tertiary/aromatic N) is 2. The zero-order chi connectivity index (χ0) is 12.3. The third-order valence-electron chi connectivity index (χ3n) is 2.17. The predicted octanol–water partition coefficient (Wildman–Crippen LogP) is 3.38. The number of rotatable bonds is 4. The standard InChI is InChI=1S/C12H13IN2O2/c1-8(2)12-14-11(15-17-12)7-16-10-6-4-3-5-9(10)13/h3-6,8H,7H2,1-2H3. The van der Waals surface area contributed by atoms with Crippen molar-refractivity contribution >= 4 is 22.6 Å². The van der Waals surface area contributed by atoms with Crippen molar-refractivity contribution in [1.29, 1.82) is 0 Å². The number of ether oxygens (including phenoxy) is 1. The normalized spacial score (nSPS) is 10.8. The Bertz CT molecular complexity index is 497. The molecule has 0 radical (unpaired) electrons. The Balaban J connectivity index is 2.00. The fourth-order valence-electron chi connectivity index (χ4n) is 1.26. The first-order valence-electron chi connectivity index (χ1n) is 5.36. The van der Waals surface area contributed by atoms with E-state index in [0.717, 1.165) is 9.32 Å². The highest BCUT2D eigenvalue weighted by Gasteiger charge is 2.10. The first-order chi connectivity index (χ1) is 8.16. The first kappa shape index (κ1) is 12.3. The lowest BCUT2D eigenvalue weighted by atomic mass is 10.2. The summed E-state index contributed by atoms with van der Waals surface area (Å²) in [5.41, 5.74) is 0. The molecule has 17 heavy (non-hydrogen) atoms. The molecule has 90 valence electrons. The molecule has 0 atom stereocenters. The summed E-state index contributed by atoms with van der Waals surface area (Å²) in [6.45, 7) is 4.35. The molecule has 4 nitrogen and oxygen atoms in total. The lowest BCUT2D eigenvalue weighted by Crippen LogP contribution is -1.99. The van der Waals surface area contributed by atoms with Crippen molar-refractivity contribution in [1.82, 2.24) is 10.1 Å². The molecular weight excluding hydrogens is 331 g/mol. The van der Waals surface area contributed by atoms with E-state index in [-0.39, 0.29) is 5.92 Å². The molecular formula is C12H13IN2O2. The summed E-state index contributed by atoms with van der Waals surface area (Å²) >= 11 is 2.23. The topological polar surface area (TPSA) is 48.2 Å². The average molecular weight is 344 g/mol. The minimum atomic E-state index is 0.244. The molecule has 0 fully saturated rings. The maximum Gasteiger partial charge on any atom is 0.229 e. The van der Waals surface area contributed by atoms with Gasteiger partial charge in [-0.25, -0.2) is 0 Å². The summed E-state index contributed by atoms with van der Waals surface area (Å²) < 4.78 is 11.8. The fraction of sp³-hybridized carbons (Fsp3) is 0.333. The van der Waals surface area contributed by atoms with Gasteiger partial charge in [-0.2, -0.15) is 4.98 Å². The van der Waals surface area contributed by atoms with Crippen LogP contribution in [0, 0.1) is 3.57 Å². The lowest BCUT2D eigenvalue weighted by Gasteiger charge is -2.04. The smallest absolute Gasteiger partial charge is 0.229 e. The van der Waals surface area contributed by atoms with E-state index in [0.29, 0.717) is 18.3 Å². The highest BCUT2D eigenvalue weighted by Crippen LogP contribution is 2.20. The molecule has 0 aliphatic rings. The van der Waals surface area contributed by atoms with Gasteiger partial charge in [0.25, 0.3) is 0 Å². The van der Waals surface area contributed by atoms with Crippen molar-refractivity contribution in [2.24, 2.45) is 0 Å². The Labute approximate surface area is 114 Å². The molecule has 2 aromatic rings. The van der Waals surface area contributed by atoms with Crippen LogP contribution in [0.25, 0.3) is 0 Å². The van der Waals surface area contributed by atoms with E-state index in [4.69, 9.17) is 9.26 Å². The quantitative estimate of drug-likeness (QED) is 0.798. The number of para-hydroxylation sites is 1. The van der Waals surface area contributed by atoms with Crippen molar-refractivity contribution in [2.45, 2.75) is 26.4 Å². The largest absolute Gasteiger partial charge is 0.484 e. The zero-order valence-corrected chi connectivity index (χ0v) is 11.8. The van der Waals surface area contributed by atoms with Gasteiger partial charge in [0.2, 0.25) is 11.7 Å². The molecule has 2 rings (SSSR count). The van der Waals surface area contributed by atoms with Crippen LogP contribution in [0.3, 0.4) is 0 Å². The van der Waals surface area contributed by atoms with Crippen molar-refractivity contribution in [2.75, 3.05) is 0 Å². The summed E-state index contributed by atoms with van der Waals surface area (Å²) in [7, 11) is 0. The van der Waals surface area contributed by atoms with Gasteiger partial charge in [-0.3, -0.25) is 0 Å². The number of aromatic nitrogens is 2. The van der Waals surface area contributed by atoms with E-state index < -0.39 is 0 Å². The third-order valence-corrected chi connectivity index (χ3v) is 3.06. The van der Waals surface area contributed by atoms with Gasteiger partial charge in [-0.05, 0) is 34.7 Å². The van der Waals surface area contributed by atoms with E-state index in [2.05, 4.69) is 32.7 Å². The van der Waals surface area contributed by atoms with Crippen LogP contribution in [0.5, 0.6) is 5.75 Å². The van der Waals surface area contributed by atoms with Crippen molar-refractivity contribution in [3.05, 3.63) is 39.6 Å². The summed E-state index contributed by atoms with van der Waals surface area (Å²) in [6.07, 6.45) is 0. The summed E-state index contributed by atoms with van der Waals surface area (Å²) in [6, 6.07) is 7.82. The number of hydrogen-bond acceptors (Lipinski definition) is 4. The van der Waals surface area contributed by atoms with Crippen LogP contribution >= 0.6 is 22.6 Å². The molecule has 0 amide bonds. The van der Waals surface area contributed by atoms with E-state index in [1.165, 1.54) is 0 Å². The van der Waals surface area contributed by atoms with Crippen molar-refractivity contribution in [3.63, 3.8) is 0 Å². The second kappa shape index (κ2) is 5.48. The maximum atomic E-state index is 5.62. The summed E-state index contributed by atoms with van der Waals surface area (Å²) in [5.74, 6) is 2.30. The van der Waals surface area contributed by atoms with E-state index in [1.807, 2.05) is 38.1 Å². The monoisotopic (exact) mass is 344 g/mol. The second-order valence-electron chi connectivity index (χ2n) is 3.92. The fourth-order valence-corrected chi connectivity index (χ4v) is 1.81. The maximum absolute atomic E-state index is 5.62. The molecule has 0 bridgehead atoms. The summed E-state index contributed by atoms with van der Waals surface area (Å²) in [4.78, 5) is 4.25. The van der Waals surface area contributed by atoms with Crippen LogP contribution in [0.15, 0.2) is 28.8 Å². The highest BCUT2D eigenvalue weighted by atomic mass is 127. The van der Waals surface area contributed by atoms with Crippen molar-refractivity contribution < 1.29 is 9.26 Å². The Kier molecular flexibility index (Phi) is 3.98. The van der Waals surface area contributed by atoms with E-state index in [1.54, 1.807) is 0 Å². The van der Waals surface area contributed by atoms with Gasteiger partial charge in [0.1, 0.15) is 5.75 Å². The molecule has 0 aliphatic heterocycles. The minimum absolute atomic E-state index is 0.244. The molecule has 1 aromatic carbocycles. The first-order valence-corrected chi connectivity index (χ1v) is 6.44. The Morgan fingerprint density at radius 3 is 2.76 bits per heavy atom. The van der Waals surface area contributed by atoms with Gasteiger partial charge < -0.3 is 9.26 Å². The van der Waals surface area contributed by atoms with Crippen LogP contribution in [0.4, 0.5) is 0 Å². The van der Waals surface area contributed by atoms with Gasteiger partial charge in [0.05, 0.1) is 3.57 Å². The average Bonchev–Trinajstić information content (AvgIpc) is 2.77. The molecule has 0 aliphatic carbocycles. The Morgan fingerprint density at radius 1 is 1.35 bits per heavy atom. The minimum Gasteiger partial charge on any atom is -0.484 e. The number of halogens is 1. The van der Waals surface area contributed by atoms with Crippen LogP contribution in [0.1, 0.15) is 31.5 Å². The summed E-state index contributed by atoms with van der Waals surface area (Å²) in [5, 5.41) is 3.87. The Morgan fingerprint density at radius 2 is 2.12 bits per heavy atom. The lowest BCUT2D eigenvalue weighted by molar-refractivity contribution is 0.282. The predicted molar refractivity (Wildman–Crippen MR) is 71.9 cm³/mol. The van der Waals surface area contributed by atoms with Gasteiger partial charge in [0, 0.05) is 5.92 Å². The number of hydrogen-bond donors (Lipinski definition) is 0. The van der Waals surface area contributed by atoms with Gasteiger partial charge >= 0.3 is 0 Å². The molecule has 1 heterocycles. The van der Waals surface area contributed by atoms with Gasteiger partial charge in [-0.1, -0.05) is 31.1 Å².